The highest BCUT2D eigenvalue weighted by atomic mass is 16.5. The van der Waals surface area contributed by atoms with Gasteiger partial charge in [0.25, 0.3) is 0 Å². The molecule has 1 unspecified atom stereocenters. The van der Waals surface area contributed by atoms with Crippen molar-refractivity contribution < 1.29 is 9.53 Å². The predicted molar refractivity (Wildman–Crippen MR) is 67.1 cm³/mol. The van der Waals surface area contributed by atoms with Crippen molar-refractivity contribution >= 4 is 5.97 Å². The van der Waals surface area contributed by atoms with Crippen LogP contribution in [0.15, 0.2) is 30.3 Å². The average molecular weight is 236 g/mol. The van der Waals surface area contributed by atoms with Gasteiger partial charge in [-0.3, -0.25) is 15.2 Å². The molecular formula is C13H20N2O2. The van der Waals surface area contributed by atoms with Crippen molar-refractivity contribution in [2.45, 2.75) is 13.5 Å². The van der Waals surface area contributed by atoms with Gasteiger partial charge < -0.3 is 4.74 Å². The van der Waals surface area contributed by atoms with Gasteiger partial charge in [0, 0.05) is 20.6 Å². The number of esters is 1. The molecular weight excluding hydrogens is 216 g/mol. The van der Waals surface area contributed by atoms with Gasteiger partial charge in [-0.25, -0.2) is 0 Å². The minimum Gasteiger partial charge on any atom is -0.461 e. The molecule has 0 saturated heterocycles. The Balaban J connectivity index is 2.29. The number of carbonyl (C=O) groups excluding carboxylic acids is 1. The van der Waals surface area contributed by atoms with Gasteiger partial charge in [0.1, 0.15) is 6.61 Å². The number of carbonyl (C=O) groups is 1. The molecule has 0 aliphatic heterocycles. The highest BCUT2D eigenvalue weighted by Crippen LogP contribution is 2.04. The summed E-state index contributed by atoms with van der Waals surface area (Å²) in [4.78, 5) is 11.6. The Bertz CT molecular complexity index is 339. The van der Waals surface area contributed by atoms with Gasteiger partial charge in [-0.15, -0.1) is 0 Å². The zero-order valence-electron chi connectivity index (χ0n) is 10.6. The number of hydrazine groups is 1. The minimum atomic E-state index is -0.178. The summed E-state index contributed by atoms with van der Waals surface area (Å²) < 4.78 is 5.22. The van der Waals surface area contributed by atoms with Gasteiger partial charge >= 0.3 is 5.97 Å². The highest BCUT2D eigenvalue weighted by molar-refractivity contribution is 5.72. The van der Waals surface area contributed by atoms with Crippen molar-refractivity contribution in [2.24, 2.45) is 5.92 Å². The largest absolute Gasteiger partial charge is 0.461 e. The fourth-order valence-corrected chi connectivity index (χ4v) is 1.27. The lowest BCUT2D eigenvalue weighted by molar-refractivity contribution is -0.149. The van der Waals surface area contributed by atoms with Gasteiger partial charge in [-0.1, -0.05) is 37.3 Å². The van der Waals surface area contributed by atoms with Crippen LogP contribution in [0.4, 0.5) is 0 Å². The molecule has 0 heterocycles. The Morgan fingerprint density at radius 1 is 1.35 bits per heavy atom. The van der Waals surface area contributed by atoms with Gasteiger partial charge in [0.15, 0.2) is 0 Å². The van der Waals surface area contributed by atoms with E-state index >= 15 is 0 Å². The molecule has 0 aromatic heterocycles. The molecule has 0 aliphatic carbocycles. The van der Waals surface area contributed by atoms with Crippen molar-refractivity contribution in [2.75, 3.05) is 20.6 Å². The van der Waals surface area contributed by atoms with Crippen LogP contribution in [0.1, 0.15) is 12.5 Å². The van der Waals surface area contributed by atoms with Crippen LogP contribution in [-0.2, 0) is 16.1 Å². The monoisotopic (exact) mass is 236 g/mol. The van der Waals surface area contributed by atoms with Gasteiger partial charge in [0.05, 0.1) is 5.92 Å². The first-order valence-corrected chi connectivity index (χ1v) is 5.71. The first kappa shape index (κ1) is 13.7. The number of hydrogen-bond acceptors (Lipinski definition) is 4. The number of ether oxygens (including phenoxy) is 1. The SMILES string of the molecule is CC(CNN(C)C)C(=O)OCc1ccccc1. The molecule has 1 aromatic rings. The van der Waals surface area contributed by atoms with Crippen LogP contribution in [0.3, 0.4) is 0 Å². The third-order valence-electron chi connectivity index (χ3n) is 2.34. The first-order chi connectivity index (χ1) is 8.09. The number of hydrogen-bond donors (Lipinski definition) is 1. The van der Waals surface area contributed by atoms with E-state index < -0.39 is 0 Å². The van der Waals surface area contributed by atoms with E-state index in [1.807, 2.05) is 56.4 Å². The molecule has 0 spiro atoms. The summed E-state index contributed by atoms with van der Waals surface area (Å²) in [6, 6.07) is 9.68. The Labute approximate surface area is 103 Å². The summed E-state index contributed by atoms with van der Waals surface area (Å²) in [5, 5.41) is 1.82. The van der Waals surface area contributed by atoms with Crippen LogP contribution in [0.5, 0.6) is 0 Å². The number of benzene rings is 1. The lowest BCUT2D eigenvalue weighted by atomic mass is 10.2. The molecule has 0 radical (unpaired) electrons. The summed E-state index contributed by atoms with van der Waals surface area (Å²) in [7, 11) is 3.78. The molecule has 0 fully saturated rings. The summed E-state index contributed by atoms with van der Waals surface area (Å²) >= 11 is 0. The third-order valence-corrected chi connectivity index (χ3v) is 2.34. The molecule has 0 aliphatic rings. The molecule has 17 heavy (non-hydrogen) atoms. The molecule has 1 rings (SSSR count). The van der Waals surface area contributed by atoms with Gasteiger partial charge in [-0.05, 0) is 5.56 Å². The van der Waals surface area contributed by atoms with E-state index in [1.54, 1.807) is 0 Å². The maximum absolute atomic E-state index is 11.6. The first-order valence-electron chi connectivity index (χ1n) is 5.71. The van der Waals surface area contributed by atoms with Crippen molar-refractivity contribution in [3.05, 3.63) is 35.9 Å². The highest BCUT2D eigenvalue weighted by Gasteiger charge is 2.14. The maximum Gasteiger partial charge on any atom is 0.310 e. The van der Waals surface area contributed by atoms with Crippen molar-refractivity contribution in [1.29, 1.82) is 0 Å². The van der Waals surface area contributed by atoms with Crippen LogP contribution in [0, 0.1) is 5.92 Å². The van der Waals surface area contributed by atoms with Gasteiger partial charge in [-0.2, -0.15) is 0 Å². The fourth-order valence-electron chi connectivity index (χ4n) is 1.27. The van der Waals surface area contributed by atoms with E-state index in [-0.39, 0.29) is 11.9 Å². The second-order valence-corrected chi connectivity index (χ2v) is 4.25. The molecule has 0 bridgehead atoms. The van der Waals surface area contributed by atoms with Crippen molar-refractivity contribution in [1.82, 2.24) is 10.4 Å². The van der Waals surface area contributed by atoms with E-state index in [0.717, 1.165) is 5.56 Å². The summed E-state index contributed by atoms with van der Waals surface area (Å²) in [5.41, 5.74) is 4.06. The molecule has 4 heteroatoms. The molecule has 94 valence electrons. The maximum atomic E-state index is 11.6. The van der Waals surface area contributed by atoms with Crippen LogP contribution < -0.4 is 5.43 Å². The lowest BCUT2D eigenvalue weighted by Gasteiger charge is -2.16. The summed E-state index contributed by atoms with van der Waals surface area (Å²) in [6.07, 6.45) is 0. The number of nitrogens with zero attached hydrogens (tertiary/aromatic N) is 1. The normalized spacial score (nSPS) is 12.5. The minimum absolute atomic E-state index is 0.152. The zero-order chi connectivity index (χ0) is 12.7. The zero-order valence-corrected chi connectivity index (χ0v) is 10.6. The number of rotatable bonds is 6. The molecule has 1 aromatic carbocycles. The fraction of sp³-hybridized carbons (Fsp3) is 0.462. The molecule has 1 atom stereocenters. The van der Waals surface area contributed by atoms with Crippen LogP contribution in [-0.4, -0.2) is 31.6 Å². The van der Waals surface area contributed by atoms with E-state index in [9.17, 15) is 4.79 Å². The standard InChI is InChI=1S/C13H20N2O2/c1-11(9-14-15(2)3)13(16)17-10-12-7-5-4-6-8-12/h4-8,11,14H,9-10H2,1-3H3. The molecule has 0 amide bonds. The topological polar surface area (TPSA) is 41.6 Å². The smallest absolute Gasteiger partial charge is 0.310 e. The predicted octanol–water partition coefficient (Wildman–Crippen LogP) is 1.43. The van der Waals surface area contributed by atoms with E-state index in [4.69, 9.17) is 4.74 Å². The van der Waals surface area contributed by atoms with E-state index in [1.165, 1.54) is 0 Å². The van der Waals surface area contributed by atoms with E-state index in [0.29, 0.717) is 13.2 Å². The van der Waals surface area contributed by atoms with Crippen LogP contribution >= 0.6 is 0 Å². The average Bonchev–Trinajstić information content (AvgIpc) is 2.34. The van der Waals surface area contributed by atoms with Crippen molar-refractivity contribution in [3.8, 4) is 0 Å². The quantitative estimate of drug-likeness (QED) is 0.599. The summed E-state index contributed by atoms with van der Waals surface area (Å²) in [5.74, 6) is -0.329. The van der Waals surface area contributed by atoms with Crippen LogP contribution in [0.2, 0.25) is 0 Å². The second-order valence-electron chi connectivity index (χ2n) is 4.25. The van der Waals surface area contributed by atoms with E-state index in [2.05, 4.69) is 5.43 Å². The lowest BCUT2D eigenvalue weighted by Crippen LogP contribution is -2.36. The summed E-state index contributed by atoms with van der Waals surface area (Å²) in [6.45, 7) is 2.77. The molecule has 1 N–H and O–H groups in total. The third kappa shape index (κ3) is 5.47. The Morgan fingerprint density at radius 3 is 2.59 bits per heavy atom. The Hall–Kier alpha value is -1.39. The second kappa shape index (κ2) is 7.04. The molecule has 0 saturated carbocycles. The Morgan fingerprint density at radius 2 is 2.00 bits per heavy atom. The van der Waals surface area contributed by atoms with Crippen molar-refractivity contribution in [3.63, 3.8) is 0 Å². The Kier molecular flexibility index (Phi) is 5.66. The number of nitrogens with one attached hydrogen (secondary N) is 1. The molecule has 4 nitrogen and oxygen atoms in total. The van der Waals surface area contributed by atoms with Gasteiger partial charge in [0.2, 0.25) is 0 Å². The van der Waals surface area contributed by atoms with Crippen LogP contribution in [0.25, 0.3) is 0 Å².